The molecule has 0 aromatic carbocycles. The van der Waals surface area contributed by atoms with E-state index >= 15 is 0 Å². The largest absolute Gasteiger partial charge is 0.472 e. The summed E-state index contributed by atoms with van der Waals surface area (Å²) < 4.78 is 30.6. The first-order valence-corrected chi connectivity index (χ1v) is 30.4. The van der Waals surface area contributed by atoms with Crippen LogP contribution >= 0.6 is 7.82 Å². The van der Waals surface area contributed by atoms with Gasteiger partial charge in [-0.2, -0.15) is 0 Å². The Balaban J connectivity index is 5.39. The van der Waals surface area contributed by atoms with Crippen LogP contribution in [0, 0.1) is 0 Å². The molecular formula is C61H110N2O7P+. The lowest BCUT2D eigenvalue weighted by atomic mass is 10.0. The van der Waals surface area contributed by atoms with Crippen LogP contribution in [0.15, 0.2) is 85.1 Å². The van der Waals surface area contributed by atoms with Crippen LogP contribution in [-0.2, 0) is 27.9 Å². The van der Waals surface area contributed by atoms with Gasteiger partial charge >= 0.3 is 13.8 Å². The van der Waals surface area contributed by atoms with E-state index in [-0.39, 0.29) is 31.5 Å². The van der Waals surface area contributed by atoms with Crippen LogP contribution in [-0.4, -0.2) is 74.3 Å². The van der Waals surface area contributed by atoms with Gasteiger partial charge < -0.3 is 19.4 Å². The van der Waals surface area contributed by atoms with E-state index < -0.39 is 20.0 Å². The summed E-state index contributed by atoms with van der Waals surface area (Å²) in [6, 6.07) is -0.867. The molecule has 0 aliphatic heterocycles. The molecule has 2 N–H and O–H groups in total. The van der Waals surface area contributed by atoms with Crippen molar-refractivity contribution in [2.45, 2.75) is 251 Å². The van der Waals surface area contributed by atoms with Gasteiger partial charge in [0.2, 0.25) is 5.91 Å². The van der Waals surface area contributed by atoms with Gasteiger partial charge in [0.15, 0.2) is 0 Å². The average molecular weight is 1010 g/mol. The molecule has 0 radical (unpaired) electrons. The van der Waals surface area contributed by atoms with E-state index in [1.807, 2.05) is 33.3 Å². The Morgan fingerprint density at radius 3 is 1.49 bits per heavy atom. The summed E-state index contributed by atoms with van der Waals surface area (Å²) >= 11 is 0. The number of phosphoric acid groups is 1. The van der Waals surface area contributed by atoms with Gasteiger partial charge in [-0.05, 0) is 89.5 Å². The molecule has 0 rings (SSSR count). The number of esters is 1. The second-order valence-electron chi connectivity index (χ2n) is 20.5. The fraction of sp³-hybridized carbons (Fsp3) is 0.738. The zero-order chi connectivity index (χ0) is 52.2. The predicted octanol–water partition coefficient (Wildman–Crippen LogP) is 17.4. The molecule has 0 heterocycles. The second kappa shape index (κ2) is 50.7. The molecule has 0 bridgehead atoms. The Morgan fingerprint density at radius 1 is 0.521 bits per heavy atom. The summed E-state index contributed by atoms with van der Waals surface area (Å²) in [6.07, 6.45) is 65.7. The standard InChI is InChI=1S/C61H109N2O7P/c1-7-10-13-16-19-22-25-28-29-30-31-32-33-36-38-41-44-47-50-53-60(64)62-58(57-69-71(66,67)68-56-55-63(4,5)6)59(52-49-46-43-40-37-34-26-23-20-17-14-11-8-2)70-61(65)54-51-48-45-42-39-35-27-24-21-18-15-12-9-3/h12,15,18-19,21-22,24,27-29,31-32,49,52,58-59H,7-11,13-14,16-17,20,23,25-26,30,33-48,50-51,53-57H2,1-6H3,(H-,62,64,66,67)/p+1/b15-12+,21-18+,22-19-,27-24-,29-28-,32-31-,52-49-. The molecule has 1 amide bonds. The Morgan fingerprint density at radius 2 is 0.958 bits per heavy atom. The maximum atomic E-state index is 13.5. The number of nitrogens with one attached hydrogen (secondary N) is 1. The van der Waals surface area contributed by atoms with E-state index in [1.165, 1.54) is 89.9 Å². The van der Waals surface area contributed by atoms with Crippen molar-refractivity contribution in [1.29, 1.82) is 0 Å². The summed E-state index contributed by atoms with van der Waals surface area (Å²) in [7, 11) is 1.46. The molecule has 410 valence electrons. The van der Waals surface area contributed by atoms with E-state index in [4.69, 9.17) is 13.8 Å². The topological polar surface area (TPSA) is 111 Å². The Kier molecular flexibility index (Phi) is 48.7. The smallest absolute Gasteiger partial charge is 0.456 e. The van der Waals surface area contributed by atoms with Gasteiger partial charge in [0.1, 0.15) is 19.3 Å². The first kappa shape index (κ1) is 68.2. The summed E-state index contributed by atoms with van der Waals surface area (Å²) in [5.41, 5.74) is 0. The fourth-order valence-electron chi connectivity index (χ4n) is 7.89. The maximum absolute atomic E-state index is 13.5. The quantitative estimate of drug-likeness (QED) is 0.0156. The average Bonchev–Trinajstić information content (AvgIpc) is 3.33. The van der Waals surface area contributed by atoms with E-state index in [2.05, 4.69) is 99.0 Å². The number of rotatable bonds is 51. The normalized spacial score (nSPS) is 14.4. The minimum absolute atomic E-state index is 0.0302. The first-order chi connectivity index (χ1) is 34.4. The highest BCUT2D eigenvalue weighted by atomic mass is 31.2. The minimum Gasteiger partial charge on any atom is -0.456 e. The van der Waals surface area contributed by atoms with Crippen molar-refractivity contribution in [3.05, 3.63) is 85.1 Å². The van der Waals surface area contributed by atoms with Crippen molar-refractivity contribution < 1.29 is 37.3 Å². The van der Waals surface area contributed by atoms with Crippen LogP contribution in [0.2, 0.25) is 0 Å². The number of allylic oxidation sites excluding steroid dienone is 13. The molecule has 9 nitrogen and oxygen atoms in total. The number of ether oxygens (including phenoxy) is 1. The SMILES string of the molecule is CC/C=C/C=C/C=C\CCCCCCCC(=O)OC(/C=C\CCCCCCCCCCCCC)C(COP(=O)(O)OCC[N+](C)(C)C)NC(=O)CCCCCCCC/C=C\C/C=C\C/C=C\CCCCC. The highest BCUT2D eigenvalue weighted by Crippen LogP contribution is 2.43. The van der Waals surface area contributed by atoms with Gasteiger partial charge in [0.25, 0.3) is 0 Å². The van der Waals surface area contributed by atoms with Gasteiger partial charge in [-0.15, -0.1) is 0 Å². The molecule has 71 heavy (non-hydrogen) atoms. The van der Waals surface area contributed by atoms with Crippen molar-refractivity contribution >= 4 is 19.7 Å². The number of carbonyl (C=O) groups is 2. The Labute approximate surface area is 437 Å². The third-order valence-electron chi connectivity index (χ3n) is 12.4. The van der Waals surface area contributed by atoms with Crippen molar-refractivity contribution in [2.75, 3.05) is 40.9 Å². The zero-order valence-electron chi connectivity index (χ0n) is 46.7. The van der Waals surface area contributed by atoms with Gasteiger partial charge in [-0.25, -0.2) is 4.57 Å². The molecule has 10 heteroatoms. The molecule has 3 unspecified atom stereocenters. The van der Waals surface area contributed by atoms with Crippen LogP contribution in [0.3, 0.4) is 0 Å². The van der Waals surface area contributed by atoms with E-state index in [0.29, 0.717) is 23.9 Å². The molecule has 0 spiro atoms. The Bertz CT molecular complexity index is 1490. The lowest BCUT2D eigenvalue weighted by molar-refractivity contribution is -0.870. The molecule has 0 saturated heterocycles. The van der Waals surface area contributed by atoms with Crippen LogP contribution < -0.4 is 5.32 Å². The molecule has 0 aliphatic rings. The number of amides is 1. The summed E-state index contributed by atoms with van der Waals surface area (Å²) in [4.78, 5) is 37.6. The number of likely N-dealkylation sites (N-methyl/N-ethyl adjacent to an activating group) is 1. The van der Waals surface area contributed by atoms with Gasteiger partial charge in [0, 0.05) is 12.8 Å². The lowest BCUT2D eigenvalue weighted by Gasteiger charge is -2.27. The number of hydrogen-bond donors (Lipinski definition) is 2. The predicted molar refractivity (Wildman–Crippen MR) is 304 cm³/mol. The number of carbonyl (C=O) groups excluding carboxylic acids is 2. The molecule has 3 atom stereocenters. The van der Waals surface area contributed by atoms with Crippen LogP contribution in [0.1, 0.15) is 239 Å². The highest BCUT2D eigenvalue weighted by molar-refractivity contribution is 7.47. The van der Waals surface area contributed by atoms with Crippen molar-refractivity contribution in [2.24, 2.45) is 0 Å². The van der Waals surface area contributed by atoms with Gasteiger partial charge in [-0.1, -0.05) is 222 Å². The van der Waals surface area contributed by atoms with Crippen molar-refractivity contribution in [3.63, 3.8) is 0 Å². The lowest BCUT2D eigenvalue weighted by Crippen LogP contribution is -2.47. The minimum atomic E-state index is -4.46. The van der Waals surface area contributed by atoms with Crippen LogP contribution in [0.25, 0.3) is 0 Å². The summed E-state index contributed by atoms with van der Waals surface area (Å²) in [6.45, 7) is 6.82. The molecular weight excluding hydrogens is 904 g/mol. The monoisotopic (exact) mass is 1010 g/mol. The van der Waals surface area contributed by atoms with Gasteiger partial charge in [0.05, 0.1) is 33.8 Å². The first-order valence-electron chi connectivity index (χ1n) is 28.9. The molecule has 0 saturated carbocycles. The Hall–Kier alpha value is -2.81. The van der Waals surface area contributed by atoms with Gasteiger partial charge in [-0.3, -0.25) is 18.6 Å². The molecule has 0 aliphatic carbocycles. The zero-order valence-corrected chi connectivity index (χ0v) is 47.6. The summed E-state index contributed by atoms with van der Waals surface area (Å²) in [5, 5.41) is 3.04. The number of hydrogen-bond acceptors (Lipinski definition) is 6. The van der Waals surface area contributed by atoms with Crippen molar-refractivity contribution in [1.82, 2.24) is 5.32 Å². The van der Waals surface area contributed by atoms with Crippen molar-refractivity contribution in [3.8, 4) is 0 Å². The summed E-state index contributed by atoms with van der Waals surface area (Å²) in [5.74, 6) is -0.547. The maximum Gasteiger partial charge on any atom is 0.472 e. The van der Waals surface area contributed by atoms with E-state index in [1.54, 1.807) is 0 Å². The molecule has 0 fully saturated rings. The van der Waals surface area contributed by atoms with E-state index in [9.17, 15) is 19.0 Å². The number of nitrogens with zero attached hydrogens (tertiary/aromatic N) is 1. The molecule has 0 aromatic heterocycles. The van der Waals surface area contributed by atoms with Crippen LogP contribution in [0.5, 0.6) is 0 Å². The van der Waals surface area contributed by atoms with E-state index in [0.717, 1.165) is 109 Å². The number of phosphoric ester groups is 1. The second-order valence-corrected chi connectivity index (χ2v) is 21.9. The fourth-order valence-corrected chi connectivity index (χ4v) is 8.62. The molecule has 0 aromatic rings. The number of quaternary nitrogens is 1. The highest BCUT2D eigenvalue weighted by Gasteiger charge is 2.30. The number of unbranched alkanes of at least 4 members (excludes halogenated alkanes) is 25. The third-order valence-corrected chi connectivity index (χ3v) is 13.4. The van der Waals surface area contributed by atoms with Crippen LogP contribution in [0.4, 0.5) is 0 Å². The third kappa shape index (κ3) is 51.9.